The van der Waals surface area contributed by atoms with Crippen molar-refractivity contribution in [3.05, 3.63) is 11.1 Å². The smallest absolute Gasteiger partial charge is 0.191 e. The number of halogens is 1. The molecule has 1 aliphatic carbocycles. The lowest BCUT2D eigenvalue weighted by Gasteiger charge is -2.26. The fraction of sp³-hybridized carbons (Fsp3) is 0.700. The van der Waals surface area contributed by atoms with Crippen LogP contribution in [0.4, 0.5) is 0 Å². The predicted octanol–water partition coefficient (Wildman–Crippen LogP) is 1.86. The first kappa shape index (κ1) is 11.6. The highest BCUT2D eigenvalue weighted by molar-refractivity contribution is 9.11. The molecule has 0 radical (unpaired) electrons. The molecule has 0 aromatic heterocycles. The molecule has 14 heavy (non-hydrogen) atoms. The molecule has 0 spiro atoms. The molecular weight excluding hydrogens is 242 g/mol. The van der Waals surface area contributed by atoms with Crippen LogP contribution in [0.1, 0.15) is 19.3 Å². The van der Waals surface area contributed by atoms with Crippen molar-refractivity contribution < 1.29 is 0 Å². The van der Waals surface area contributed by atoms with Gasteiger partial charge in [0.25, 0.3) is 0 Å². The molecular formula is C10H18BrN3. The van der Waals surface area contributed by atoms with Gasteiger partial charge in [-0.25, -0.2) is 0 Å². The molecule has 2 N–H and O–H groups in total. The summed E-state index contributed by atoms with van der Waals surface area (Å²) in [6, 6.07) is 0. The van der Waals surface area contributed by atoms with Gasteiger partial charge in [-0.15, -0.1) is 0 Å². The van der Waals surface area contributed by atoms with E-state index >= 15 is 0 Å². The molecule has 0 aromatic carbocycles. The van der Waals surface area contributed by atoms with E-state index in [-0.39, 0.29) is 0 Å². The Bertz CT molecular complexity index is 221. The van der Waals surface area contributed by atoms with Crippen molar-refractivity contribution in [2.45, 2.75) is 19.3 Å². The summed E-state index contributed by atoms with van der Waals surface area (Å²) in [5.41, 5.74) is 0. The molecule has 0 heterocycles. The third-order valence-corrected chi connectivity index (χ3v) is 2.73. The van der Waals surface area contributed by atoms with Crippen LogP contribution in [0.5, 0.6) is 0 Å². The number of hydrogen-bond acceptors (Lipinski definition) is 1. The van der Waals surface area contributed by atoms with Gasteiger partial charge >= 0.3 is 0 Å². The van der Waals surface area contributed by atoms with E-state index < -0.39 is 0 Å². The maximum absolute atomic E-state index is 4.12. The van der Waals surface area contributed by atoms with Crippen LogP contribution in [-0.2, 0) is 0 Å². The molecule has 4 heteroatoms. The van der Waals surface area contributed by atoms with Crippen molar-refractivity contribution in [2.24, 2.45) is 10.9 Å². The topological polar surface area (TPSA) is 36.4 Å². The Hall–Kier alpha value is -0.510. The first-order chi connectivity index (χ1) is 6.72. The van der Waals surface area contributed by atoms with E-state index in [0.29, 0.717) is 6.54 Å². The monoisotopic (exact) mass is 259 g/mol. The van der Waals surface area contributed by atoms with E-state index in [2.05, 4.69) is 38.1 Å². The van der Waals surface area contributed by atoms with Gasteiger partial charge in [-0.3, -0.25) is 4.99 Å². The molecule has 1 rings (SSSR count). The molecule has 0 aliphatic heterocycles. The third-order valence-electron chi connectivity index (χ3n) is 2.45. The standard InChI is InChI=1S/C10H18BrN3/c1-8(11)6-13-10(12-2)14-7-9-4-3-5-9/h9H,1,3-7H2,2H3,(H2,12,13,14). The average Bonchev–Trinajstić information content (AvgIpc) is 2.07. The lowest BCUT2D eigenvalue weighted by molar-refractivity contribution is 0.315. The Morgan fingerprint density at radius 2 is 2.21 bits per heavy atom. The molecule has 0 atom stereocenters. The number of hydrogen-bond donors (Lipinski definition) is 2. The normalized spacial score (nSPS) is 17.4. The minimum Gasteiger partial charge on any atom is -0.356 e. The molecule has 0 saturated heterocycles. The molecule has 0 unspecified atom stereocenters. The van der Waals surface area contributed by atoms with Gasteiger partial charge in [0, 0.05) is 24.6 Å². The van der Waals surface area contributed by atoms with Gasteiger partial charge in [-0.05, 0) is 18.8 Å². The van der Waals surface area contributed by atoms with E-state index in [1.807, 2.05) is 0 Å². The maximum atomic E-state index is 4.12. The van der Waals surface area contributed by atoms with Crippen LogP contribution in [-0.4, -0.2) is 26.1 Å². The number of nitrogens with zero attached hydrogens (tertiary/aromatic N) is 1. The van der Waals surface area contributed by atoms with E-state index in [9.17, 15) is 0 Å². The zero-order valence-corrected chi connectivity index (χ0v) is 10.2. The largest absolute Gasteiger partial charge is 0.356 e. The summed E-state index contributed by atoms with van der Waals surface area (Å²) in [6.07, 6.45) is 4.10. The maximum Gasteiger partial charge on any atom is 0.191 e. The molecule has 80 valence electrons. The quantitative estimate of drug-likeness (QED) is 0.598. The molecule has 0 aromatic rings. The van der Waals surface area contributed by atoms with Crippen molar-refractivity contribution in [1.82, 2.24) is 10.6 Å². The second-order valence-electron chi connectivity index (χ2n) is 3.62. The molecule has 1 fully saturated rings. The first-order valence-corrected chi connectivity index (χ1v) is 5.79. The van der Waals surface area contributed by atoms with Crippen LogP contribution >= 0.6 is 15.9 Å². The van der Waals surface area contributed by atoms with Crippen molar-refractivity contribution in [1.29, 1.82) is 0 Å². The van der Waals surface area contributed by atoms with Crippen molar-refractivity contribution in [3.8, 4) is 0 Å². The van der Waals surface area contributed by atoms with Crippen molar-refractivity contribution >= 4 is 21.9 Å². The highest BCUT2D eigenvalue weighted by Crippen LogP contribution is 2.24. The van der Waals surface area contributed by atoms with Gasteiger partial charge in [0.15, 0.2) is 5.96 Å². The summed E-state index contributed by atoms with van der Waals surface area (Å²) in [5.74, 6) is 1.71. The highest BCUT2D eigenvalue weighted by Gasteiger charge is 2.17. The van der Waals surface area contributed by atoms with Crippen LogP contribution in [0.25, 0.3) is 0 Å². The fourth-order valence-electron chi connectivity index (χ4n) is 1.34. The molecule has 1 saturated carbocycles. The number of aliphatic imine (C=N–C) groups is 1. The van der Waals surface area contributed by atoms with E-state index in [1.54, 1.807) is 7.05 Å². The first-order valence-electron chi connectivity index (χ1n) is 5.00. The number of guanidine groups is 1. The van der Waals surface area contributed by atoms with E-state index in [4.69, 9.17) is 0 Å². The van der Waals surface area contributed by atoms with Crippen LogP contribution in [0.3, 0.4) is 0 Å². The molecule has 0 amide bonds. The summed E-state index contributed by atoms with van der Waals surface area (Å²) in [7, 11) is 1.78. The summed E-state index contributed by atoms with van der Waals surface area (Å²) in [6.45, 7) is 5.50. The molecule has 3 nitrogen and oxygen atoms in total. The lowest BCUT2D eigenvalue weighted by atomic mass is 9.85. The van der Waals surface area contributed by atoms with E-state index in [0.717, 1.165) is 22.9 Å². The Morgan fingerprint density at radius 1 is 1.50 bits per heavy atom. The highest BCUT2D eigenvalue weighted by atomic mass is 79.9. The van der Waals surface area contributed by atoms with Gasteiger partial charge in [-0.1, -0.05) is 28.9 Å². The van der Waals surface area contributed by atoms with Crippen LogP contribution in [0, 0.1) is 5.92 Å². The van der Waals surface area contributed by atoms with Gasteiger partial charge in [0.2, 0.25) is 0 Å². The zero-order chi connectivity index (χ0) is 10.4. The predicted molar refractivity (Wildman–Crippen MR) is 64.8 cm³/mol. The third kappa shape index (κ3) is 4.13. The summed E-state index contributed by atoms with van der Waals surface area (Å²) >= 11 is 3.30. The van der Waals surface area contributed by atoms with Gasteiger partial charge in [0.1, 0.15) is 0 Å². The fourth-order valence-corrected chi connectivity index (χ4v) is 1.48. The minimum atomic E-state index is 0.713. The molecule has 0 bridgehead atoms. The Morgan fingerprint density at radius 3 is 2.64 bits per heavy atom. The minimum absolute atomic E-state index is 0.713. The summed E-state index contributed by atoms with van der Waals surface area (Å²) < 4.78 is 0.934. The SMILES string of the molecule is C=C(Br)CNC(=NC)NCC1CCC1. The van der Waals surface area contributed by atoms with Gasteiger partial charge in [0.05, 0.1) is 0 Å². The summed E-state index contributed by atoms with van der Waals surface area (Å²) in [5, 5.41) is 6.47. The Balaban J connectivity index is 2.14. The average molecular weight is 260 g/mol. The Kier molecular flexibility index (Phi) is 5.01. The van der Waals surface area contributed by atoms with Gasteiger partial charge < -0.3 is 10.6 Å². The molecule has 1 aliphatic rings. The zero-order valence-electron chi connectivity index (χ0n) is 8.65. The van der Waals surface area contributed by atoms with Crippen molar-refractivity contribution in [3.63, 3.8) is 0 Å². The number of nitrogens with one attached hydrogen (secondary N) is 2. The van der Waals surface area contributed by atoms with Crippen LogP contribution in [0.15, 0.2) is 16.1 Å². The second-order valence-corrected chi connectivity index (χ2v) is 4.74. The second kappa shape index (κ2) is 6.06. The van der Waals surface area contributed by atoms with Gasteiger partial charge in [-0.2, -0.15) is 0 Å². The van der Waals surface area contributed by atoms with Crippen molar-refractivity contribution in [2.75, 3.05) is 20.1 Å². The Labute approximate surface area is 94.2 Å². The van der Waals surface area contributed by atoms with Crippen LogP contribution in [0.2, 0.25) is 0 Å². The van der Waals surface area contributed by atoms with Crippen LogP contribution < -0.4 is 10.6 Å². The number of rotatable bonds is 4. The summed E-state index contributed by atoms with van der Waals surface area (Å²) in [4.78, 5) is 4.12. The van der Waals surface area contributed by atoms with E-state index in [1.165, 1.54) is 19.3 Å². The lowest BCUT2D eigenvalue weighted by Crippen LogP contribution is -2.41.